The van der Waals surface area contributed by atoms with E-state index in [0.717, 1.165) is 0 Å². The smallest absolute Gasteiger partial charge is 0.251 e. The van der Waals surface area contributed by atoms with Crippen LogP contribution in [0.4, 0.5) is 4.39 Å². The number of amides is 1. The van der Waals surface area contributed by atoms with Crippen LogP contribution in [0.2, 0.25) is 0 Å². The molecule has 1 heterocycles. The van der Waals surface area contributed by atoms with E-state index in [-0.39, 0.29) is 23.7 Å². The zero-order chi connectivity index (χ0) is 17.0. The molecule has 0 saturated carbocycles. The summed E-state index contributed by atoms with van der Waals surface area (Å²) in [5.74, 6) is -0.159. The molecule has 0 fully saturated rings. The fourth-order valence-corrected chi connectivity index (χ4v) is 2.29. The highest BCUT2D eigenvalue weighted by Crippen LogP contribution is 2.16. The van der Waals surface area contributed by atoms with Crippen LogP contribution in [0, 0.1) is 12.7 Å². The Morgan fingerprint density at radius 1 is 1.35 bits per heavy atom. The van der Waals surface area contributed by atoms with Crippen molar-refractivity contribution < 1.29 is 9.18 Å². The van der Waals surface area contributed by atoms with E-state index in [4.69, 9.17) is 0 Å². The lowest BCUT2D eigenvalue weighted by Gasteiger charge is -2.25. The second-order valence-electron chi connectivity index (χ2n) is 6.00. The summed E-state index contributed by atoms with van der Waals surface area (Å²) in [5.41, 5.74) is -0.00141. The van der Waals surface area contributed by atoms with Gasteiger partial charge in [-0.3, -0.25) is 9.59 Å². The van der Waals surface area contributed by atoms with Gasteiger partial charge in [-0.15, -0.1) is 0 Å². The topological polar surface area (TPSA) is 74.8 Å². The summed E-state index contributed by atoms with van der Waals surface area (Å²) in [6, 6.07) is 7.77. The highest BCUT2D eigenvalue weighted by molar-refractivity contribution is 5.77. The molecule has 0 aliphatic heterocycles. The third-order valence-electron chi connectivity index (χ3n) is 3.49. The molecule has 0 aliphatic carbocycles. The molecule has 6 heteroatoms. The Hall–Kier alpha value is -2.50. The molecule has 0 aliphatic rings. The largest absolute Gasteiger partial charge is 0.344 e. The lowest BCUT2D eigenvalue weighted by molar-refractivity contribution is -0.122. The average Bonchev–Trinajstić information content (AvgIpc) is 2.45. The number of benzene rings is 1. The Morgan fingerprint density at radius 3 is 2.70 bits per heavy atom. The van der Waals surface area contributed by atoms with Crippen LogP contribution in [0.25, 0.3) is 0 Å². The number of H-pyrrole nitrogens is 1. The fourth-order valence-electron chi connectivity index (χ4n) is 2.29. The Bertz CT molecular complexity index is 768. The second kappa shape index (κ2) is 6.73. The molecule has 1 aromatic carbocycles. The molecular weight excluding hydrogens is 297 g/mol. The number of hydrogen-bond donors (Lipinski definition) is 2. The first-order valence-electron chi connectivity index (χ1n) is 7.41. The van der Waals surface area contributed by atoms with Gasteiger partial charge in [0.1, 0.15) is 11.6 Å². The van der Waals surface area contributed by atoms with Gasteiger partial charge in [-0.25, -0.2) is 9.37 Å². The van der Waals surface area contributed by atoms with Gasteiger partial charge in [0, 0.05) is 18.2 Å². The van der Waals surface area contributed by atoms with Crippen LogP contribution in [0.1, 0.15) is 37.4 Å². The Labute approximate surface area is 134 Å². The lowest BCUT2D eigenvalue weighted by Crippen LogP contribution is -2.43. The Balaban J connectivity index is 2.03. The summed E-state index contributed by atoms with van der Waals surface area (Å²) >= 11 is 0. The zero-order valence-corrected chi connectivity index (χ0v) is 13.4. The molecule has 0 saturated heterocycles. The van der Waals surface area contributed by atoms with Gasteiger partial charge in [0.15, 0.2) is 0 Å². The Kier molecular flexibility index (Phi) is 4.93. The molecule has 2 N–H and O–H groups in total. The average molecular weight is 317 g/mol. The molecule has 23 heavy (non-hydrogen) atoms. The predicted molar refractivity (Wildman–Crippen MR) is 85.5 cm³/mol. The maximum Gasteiger partial charge on any atom is 0.251 e. The quantitative estimate of drug-likeness (QED) is 0.888. The summed E-state index contributed by atoms with van der Waals surface area (Å²) in [7, 11) is 0. The van der Waals surface area contributed by atoms with Crippen molar-refractivity contribution >= 4 is 5.91 Å². The van der Waals surface area contributed by atoms with E-state index in [2.05, 4.69) is 15.3 Å². The van der Waals surface area contributed by atoms with Gasteiger partial charge in [-0.05, 0) is 38.8 Å². The van der Waals surface area contributed by atoms with E-state index in [9.17, 15) is 14.0 Å². The van der Waals surface area contributed by atoms with Crippen LogP contribution in [0.5, 0.6) is 0 Å². The van der Waals surface area contributed by atoms with Crippen molar-refractivity contribution in [2.75, 3.05) is 0 Å². The van der Waals surface area contributed by atoms with Crippen molar-refractivity contribution in [3.05, 3.63) is 63.6 Å². The minimum atomic E-state index is -0.822. The molecule has 0 radical (unpaired) electrons. The number of nitrogens with zero attached hydrogens (tertiary/aromatic N) is 1. The number of aromatic nitrogens is 2. The monoisotopic (exact) mass is 317 g/mol. The summed E-state index contributed by atoms with van der Waals surface area (Å²) in [6.07, 6.45) is 0.465. The van der Waals surface area contributed by atoms with Gasteiger partial charge >= 0.3 is 0 Å². The molecule has 0 atom stereocenters. The van der Waals surface area contributed by atoms with Crippen LogP contribution < -0.4 is 10.9 Å². The highest BCUT2D eigenvalue weighted by Gasteiger charge is 2.25. The second-order valence-corrected chi connectivity index (χ2v) is 6.00. The molecular formula is C17H20FN3O2. The molecule has 0 unspecified atom stereocenters. The SMILES string of the molecule is Cc1cc(=O)[nH]c(C(C)(C)NC(=O)CCc2ccccc2F)n1. The number of rotatable bonds is 5. The first-order chi connectivity index (χ1) is 10.8. The van der Waals surface area contributed by atoms with Gasteiger partial charge in [0.25, 0.3) is 5.56 Å². The van der Waals surface area contributed by atoms with Gasteiger partial charge < -0.3 is 10.3 Å². The van der Waals surface area contributed by atoms with Crippen molar-refractivity contribution in [1.29, 1.82) is 0 Å². The summed E-state index contributed by atoms with van der Waals surface area (Å²) in [4.78, 5) is 30.6. The number of nitrogens with one attached hydrogen (secondary N) is 2. The van der Waals surface area contributed by atoms with Crippen LogP contribution >= 0.6 is 0 Å². The standard InChI is InChI=1S/C17H20FN3O2/c1-11-10-15(23)20-16(19-11)17(2,3)21-14(22)9-8-12-6-4-5-7-13(12)18/h4-7,10H,8-9H2,1-3H3,(H,21,22)(H,19,20,23). The fraction of sp³-hybridized carbons (Fsp3) is 0.353. The number of hydrogen-bond acceptors (Lipinski definition) is 3. The normalized spacial score (nSPS) is 11.3. The molecule has 2 rings (SSSR count). The Morgan fingerprint density at radius 2 is 2.04 bits per heavy atom. The summed E-state index contributed by atoms with van der Waals surface area (Å²) in [5, 5.41) is 2.82. The van der Waals surface area contributed by atoms with E-state index in [1.54, 1.807) is 39.0 Å². The summed E-state index contributed by atoms with van der Waals surface area (Å²) < 4.78 is 13.6. The van der Waals surface area contributed by atoms with E-state index >= 15 is 0 Å². The third kappa shape index (κ3) is 4.48. The minimum Gasteiger partial charge on any atom is -0.344 e. The lowest BCUT2D eigenvalue weighted by atomic mass is 10.0. The predicted octanol–water partition coefficient (Wildman–Crippen LogP) is 2.20. The minimum absolute atomic E-state index is 0.153. The number of carbonyl (C=O) groups is 1. The van der Waals surface area contributed by atoms with E-state index in [1.165, 1.54) is 12.1 Å². The van der Waals surface area contributed by atoms with Crippen LogP contribution in [0.15, 0.2) is 35.1 Å². The molecule has 0 bridgehead atoms. The molecule has 1 aromatic heterocycles. The van der Waals surface area contributed by atoms with Crippen molar-refractivity contribution in [1.82, 2.24) is 15.3 Å². The van der Waals surface area contributed by atoms with Crippen molar-refractivity contribution in [3.8, 4) is 0 Å². The van der Waals surface area contributed by atoms with Crippen LogP contribution in [-0.2, 0) is 16.8 Å². The van der Waals surface area contributed by atoms with Crippen LogP contribution in [0.3, 0.4) is 0 Å². The first kappa shape index (κ1) is 16.9. The highest BCUT2D eigenvalue weighted by atomic mass is 19.1. The molecule has 1 amide bonds. The first-order valence-corrected chi connectivity index (χ1v) is 7.41. The van der Waals surface area contributed by atoms with Crippen molar-refractivity contribution in [3.63, 3.8) is 0 Å². The molecule has 122 valence electrons. The number of aryl methyl sites for hydroxylation is 2. The van der Waals surface area contributed by atoms with E-state index in [0.29, 0.717) is 23.5 Å². The van der Waals surface area contributed by atoms with Gasteiger partial charge in [-0.2, -0.15) is 0 Å². The number of carbonyl (C=O) groups excluding carboxylic acids is 1. The summed E-state index contributed by atoms with van der Waals surface area (Å²) in [6.45, 7) is 5.23. The van der Waals surface area contributed by atoms with Crippen molar-refractivity contribution in [2.24, 2.45) is 0 Å². The zero-order valence-electron chi connectivity index (χ0n) is 13.4. The van der Waals surface area contributed by atoms with Gasteiger partial charge in [-0.1, -0.05) is 18.2 Å². The number of halogens is 1. The van der Waals surface area contributed by atoms with Crippen LogP contribution in [-0.4, -0.2) is 15.9 Å². The van der Waals surface area contributed by atoms with E-state index < -0.39 is 5.54 Å². The van der Waals surface area contributed by atoms with Gasteiger partial charge in [0.2, 0.25) is 5.91 Å². The molecule has 0 spiro atoms. The molecule has 5 nitrogen and oxygen atoms in total. The third-order valence-corrected chi connectivity index (χ3v) is 3.49. The maximum atomic E-state index is 13.6. The van der Waals surface area contributed by atoms with Crippen molar-refractivity contribution in [2.45, 2.75) is 39.2 Å². The number of aromatic amines is 1. The van der Waals surface area contributed by atoms with E-state index in [1.807, 2.05) is 0 Å². The molecule has 2 aromatic rings. The maximum absolute atomic E-state index is 13.6. The van der Waals surface area contributed by atoms with Gasteiger partial charge in [0.05, 0.1) is 5.54 Å².